The van der Waals surface area contributed by atoms with E-state index in [2.05, 4.69) is 17.2 Å². The maximum atomic E-state index is 12.0. The standard InChI is InChI=1S/C14H20N2O/c1-4-8-11(3)16-14(17)12-9-6-7-10-13(12)15-5-2/h4,6-7,9-11,15H,1,5,8H2,2-3H3,(H,16,17). The van der Waals surface area contributed by atoms with E-state index in [9.17, 15) is 4.79 Å². The molecule has 1 rings (SSSR count). The van der Waals surface area contributed by atoms with Crippen molar-refractivity contribution in [2.45, 2.75) is 26.3 Å². The highest BCUT2D eigenvalue weighted by molar-refractivity contribution is 5.99. The first-order valence-corrected chi connectivity index (χ1v) is 5.93. The van der Waals surface area contributed by atoms with Gasteiger partial charge in [0.1, 0.15) is 0 Å². The van der Waals surface area contributed by atoms with Crippen LogP contribution in [0.1, 0.15) is 30.6 Å². The molecule has 1 unspecified atom stereocenters. The highest BCUT2D eigenvalue weighted by atomic mass is 16.1. The summed E-state index contributed by atoms with van der Waals surface area (Å²) in [5.74, 6) is -0.0455. The Morgan fingerprint density at radius 2 is 2.18 bits per heavy atom. The van der Waals surface area contributed by atoms with Gasteiger partial charge in [0, 0.05) is 18.3 Å². The van der Waals surface area contributed by atoms with Gasteiger partial charge in [0.25, 0.3) is 5.91 Å². The van der Waals surface area contributed by atoms with Crippen LogP contribution in [0, 0.1) is 0 Å². The monoisotopic (exact) mass is 232 g/mol. The number of anilines is 1. The molecule has 0 saturated carbocycles. The van der Waals surface area contributed by atoms with Crippen LogP contribution in [0.4, 0.5) is 5.69 Å². The largest absolute Gasteiger partial charge is 0.385 e. The van der Waals surface area contributed by atoms with E-state index >= 15 is 0 Å². The average Bonchev–Trinajstić information content (AvgIpc) is 2.30. The van der Waals surface area contributed by atoms with Gasteiger partial charge >= 0.3 is 0 Å². The van der Waals surface area contributed by atoms with Crippen molar-refractivity contribution in [2.24, 2.45) is 0 Å². The number of rotatable bonds is 6. The van der Waals surface area contributed by atoms with Crippen molar-refractivity contribution >= 4 is 11.6 Å². The smallest absolute Gasteiger partial charge is 0.253 e. The number of nitrogens with one attached hydrogen (secondary N) is 2. The Morgan fingerprint density at radius 3 is 2.82 bits per heavy atom. The molecular formula is C14H20N2O. The zero-order valence-electron chi connectivity index (χ0n) is 10.5. The Labute approximate surface area is 103 Å². The van der Waals surface area contributed by atoms with Gasteiger partial charge in [-0.15, -0.1) is 6.58 Å². The van der Waals surface area contributed by atoms with E-state index in [4.69, 9.17) is 0 Å². The third kappa shape index (κ3) is 3.94. The minimum Gasteiger partial charge on any atom is -0.385 e. The highest BCUT2D eigenvalue weighted by Gasteiger charge is 2.12. The lowest BCUT2D eigenvalue weighted by molar-refractivity contribution is 0.0941. The summed E-state index contributed by atoms with van der Waals surface area (Å²) in [6.07, 6.45) is 2.58. The highest BCUT2D eigenvalue weighted by Crippen LogP contribution is 2.14. The van der Waals surface area contributed by atoms with Crippen molar-refractivity contribution in [3.63, 3.8) is 0 Å². The summed E-state index contributed by atoms with van der Waals surface area (Å²) in [5, 5.41) is 6.13. The summed E-state index contributed by atoms with van der Waals surface area (Å²) < 4.78 is 0. The van der Waals surface area contributed by atoms with Gasteiger partial charge in [-0.3, -0.25) is 4.79 Å². The lowest BCUT2D eigenvalue weighted by Gasteiger charge is -2.14. The fourth-order valence-electron chi connectivity index (χ4n) is 1.64. The molecule has 3 heteroatoms. The van der Waals surface area contributed by atoms with Crippen LogP contribution in [-0.2, 0) is 0 Å². The summed E-state index contributed by atoms with van der Waals surface area (Å²) >= 11 is 0. The fraction of sp³-hybridized carbons (Fsp3) is 0.357. The third-order valence-electron chi connectivity index (χ3n) is 2.44. The number of para-hydroxylation sites is 1. The lowest BCUT2D eigenvalue weighted by atomic mass is 10.1. The van der Waals surface area contributed by atoms with Crippen LogP contribution in [0.5, 0.6) is 0 Å². The van der Waals surface area contributed by atoms with Crippen LogP contribution in [0.3, 0.4) is 0 Å². The third-order valence-corrected chi connectivity index (χ3v) is 2.44. The zero-order chi connectivity index (χ0) is 12.7. The summed E-state index contributed by atoms with van der Waals surface area (Å²) in [4.78, 5) is 12.0. The van der Waals surface area contributed by atoms with E-state index in [0.29, 0.717) is 5.56 Å². The molecule has 92 valence electrons. The summed E-state index contributed by atoms with van der Waals surface area (Å²) in [7, 11) is 0. The second-order valence-corrected chi connectivity index (χ2v) is 3.97. The van der Waals surface area contributed by atoms with Crippen LogP contribution >= 0.6 is 0 Å². The topological polar surface area (TPSA) is 41.1 Å². The molecule has 0 aliphatic carbocycles. The van der Waals surface area contributed by atoms with E-state index in [0.717, 1.165) is 18.7 Å². The summed E-state index contributed by atoms with van der Waals surface area (Å²) in [6, 6.07) is 7.63. The molecule has 1 aromatic rings. The van der Waals surface area contributed by atoms with E-state index in [1.807, 2.05) is 38.1 Å². The molecule has 0 spiro atoms. The van der Waals surface area contributed by atoms with Crippen LogP contribution in [0.25, 0.3) is 0 Å². The second kappa shape index (κ2) is 6.74. The van der Waals surface area contributed by atoms with Gasteiger partial charge in [0.2, 0.25) is 0 Å². The summed E-state index contributed by atoms with van der Waals surface area (Å²) in [5.41, 5.74) is 1.56. The quantitative estimate of drug-likeness (QED) is 0.740. The first-order chi connectivity index (χ1) is 8.19. The molecule has 1 atom stereocenters. The Balaban J connectivity index is 2.77. The van der Waals surface area contributed by atoms with Crippen LogP contribution in [0.2, 0.25) is 0 Å². The average molecular weight is 232 g/mol. The number of benzene rings is 1. The number of hydrogen-bond acceptors (Lipinski definition) is 2. The first kappa shape index (κ1) is 13.3. The van der Waals surface area contributed by atoms with Crippen molar-refractivity contribution in [3.8, 4) is 0 Å². The van der Waals surface area contributed by atoms with Gasteiger partial charge in [-0.2, -0.15) is 0 Å². The van der Waals surface area contributed by atoms with Gasteiger partial charge < -0.3 is 10.6 Å². The van der Waals surface area contributed by atoms with Crippen molar-refractivity contribution in [3.05, 3.63) is 42.5 Å². The van der Waals surface area contributed by atoms with Gasteiger partial charge in [-0.25, -0.2) is 0 Å². The molecule has 1 amide bonds. The number of amides is 1. The molecule has 0 fully saturated rings. The molecule has 1 aromatic carbocycles. The van der Waals surface area contributed by atoms with Gasteiger partial charge in [0.15, 0.2) is 0 Å². The van der Waals surface area contributed by atoms with Gasteiger partial charge in [0.05, 0.1) is 5.56 Å². The number of carbonyl (C=O) groups is 1. The molecule has 0 radical (unpaired) electrons. The summed E-state index contributed by atoms with van der Waals surface area (Å²) in [6.45, 7) is 8.44. The molecule has 0 aliphatic heterocycles. The Hall–Kier alpha value is -1.77. The second-order valence-electron chi connectivity index (χ2n) is 3.97. The van der Waals surface area contributed by atoms with Crippen molar-refractivity contribution < 1.29 is 4.79 Å². The first-order valence-electron chi connectivity index (χ1n) is 5.93. The predicted molar refractivity (Wildman–Crippen MR) is 72.3 cm³/mol. The molecule has 17 heavy (non-hydrogen) atoms. The van der Waals surface area contributed by atoms with Crippen molar-refractivity contribution in [1.82, 2.24) is 5.32 Å². The maximum absolute atomic E-state index is 12.0. The van der Waals surface area contributed by atoms with Crippen LogP contribution in [-0.4, -0.2) is 18.5 Å². The minimum absolute atomic E-state index is 0.0455. The Bertz CT molecular complexity index is 388. The Kier molecular flexibility index (Phi) is 5.27. The minimum atomic E-state index is -0.0455. The molecular weight excluding hydrogens is 212 g/mol. The fourth-order valence-corrected chi connectivity index (χ4v) is 1.64. The molecule has 0 heterocycles. The molecule has 0 aliphatic rings. The van der Waals surface area contributed by atoms with Crippen molar-refractivity contribution in [1.29, 1.82) is 0 Å². The molecule has 2 N–H and O–H groups in total. The lowest BCUT2D eigenvalue weighted by Crippen LogP contribution is -2.32. The van der Waals surface area contributed by atoms with Crippen LogP contribution < -0.4 is 10.6 Å². The zero-order valence-corrected chi connectivity index (χ0v) is 10.5. The molecule has 3 nitrogen and oxygen atoms in total. The molecule has 0 saturated heterocycles. The van der Waals surface area contributed by atoms with Crippen molar-refractivity contribution in [2.75, 3.05) is 11.9 Å². The number of hydrogen-bond donors (Lipinski definition) is 2. The van der Waals surface area contributed by atoms with E-state index in [1.54, 1.807) is 6.08 Å². The normalized spacial score (nSPS) is 11.6. The van der Waals surface area contributed by atoms with E-state index in [1.165, 1.54) is 0 Å². The Morgan fingerprint density at radius 1 is 1.47 bits per heavy atom. The maximum Gasteiger partial charge on any atom is 0.253 e. The van der Waals surface area contributed by atoms with E-state index in [-0.39, 0.29) is 11.9 Å². The van der Waals surface area contributed by atoms with Crippen LogP contribution in [0.15, 0.2) is 36.9 Å². The van der Waals surface area contributed by atoms with Gasteiger partial charge in [-0.05, 0) is 32.4 Å². The SMILES string of the molecule is C=CCC(C)NC(=O)c1ccccc1NCC. The predicted octanol–water partition coefficient (Wildman–Crippen LogP) is 2.81. The molecule has 0 bridgehead atoms. The van der Waals surface area contributed by atoms with E-state index < -0.39 is 0 Å². The van der Waals surface area contributed by atoms with Gasteiger partial charge in [-0.1, -0.05) is 18.2 Å². The molecule has 0 aromatic heterocycles. The number of carbonyl (C=O) groups excluding carboxylic acids is 1.